The minimum atomic E-state index is -4.50. The van der Waals surface area contributed by atoms with Crippen molar-refractivity contribution in [3.05, 3.63) is 59.2 Å². The molecule has 0 amide bonds. The molecule has 0 radical (unpaired) electrons. The lowest BCUT2D eigenvalue weighted by Crippen LogP contribution is -2.46. The summed E-state index contributed by atoms with van der Waals surface area (Å²) in [6.07, 6.45) is -7.87. The fourth-order valence-corrected chi connectivity index (χ4v) is 4.40. The van der Waals surface area contributed by atoms with Gasteiger partial charge in [0.25, 0.3) is 0 Å². The van der Waals surface area contributed by atoms with Gasteiger partial charge in [0.1, 0.15) is 6.04 Å². The fourth-order valence-electron chi connectivity index (χ4n) is 4.40. The number of alkyl halides is 6. The second-order valence-corrected chi connectivity index (χ2v) is 9.23. The maximum atomic E-state index is 13.3. The highest BCUT2D eigenvalue weighted by molar-refractivity contribution is 5.77. The van der Waals surface area contributed by atoms with E-state index >= 15 is 0 Å². The van der Waals surface area contributed by atoms with Crippen LogP contribution in [0.5, 0.6) is 0 Å². The molecule has 3 nitrogen and oxygen atoms in total. The molecule has 1 heterocycles. The number of aliphatic carboxylic acids is 1. The van der Waals surface area contributed by atoms with E-state index in [0.29, 0.717) is 41.5 Å². The van der Waals surface area contributed by atoms with Gasteiger partial charge in [-0.2, -0.15) is 26.3 Å². The Morgan fingerprint density at radius 2 is 1.65 bits per heavy atom. The van der Waals surface area contributed by atoms with E-state index < -0.39 is 41.9 Å². The largest absolute Gasteiger partial charge is 0.481 e. The monoisotopic (exact) mass is 487 g/mol. The van der Waals surface area contributed by atoms with E-state index in [9.17, 15) is 36.2 Å². The number of nitrogens with one attached hydrogen (secondary N) is 1. The molecule has 1 saturated heterocycles. The summed E-state index contributed by atoms with van der Waals surface area (Å²) in [4.78, 5) is 12.0. The van der Waals surface area contributed by atoms with Crippen LogP contribution in [0.3, 0.4) is 0 Å². The molecule has 1 aliphatic rings. The van der Waals surface area contributed by atoms with Gasteiger partial charge in [-0.05, 0) is 72.1 Å². The number of halogens is 6. The van der Waals surface area contributed by atoms with Gasteiger partial charge in [0, 0.05) is 6.04 Å². The zero-order chi connectivity index (χ0) is 25.3. The lowest BCUT2D eigenvalue weighted by molar-refractivity contribution is -0.163. The molecule has 34 heavy (non-hydrogen) atoms. The van der Waals surface area contributed by atoms with Crippen molar-refractivity contribution in [3.8, 4) is 11.1 Å². The van der Waals surface area contributed by atoms with Gasteiger partial charge >= 0.3 is 18.3 Å². The van der Waals surface area contributed by atoms with Gasteiger partial charge < -0.3 is 5.11 Å². The molecule has 0 saturated carbocycles. The highest BCUT2D eigenvalue weighted by atomic mass is 19.4. The molecule has 2 aromatic carbocycles. The van der Waals surface area contributed by atoms with E-state index in [1.165, 1.54) is 12.1 Å². The van der Waals surface area contributed by atoms with Gasteiger partial charge in [-0.25, -0.2) is 0 Å². The third-order valence-corrected chi connectivity index (χ3v) is 6.12. The number of hydrogen-bond acceptors (Lipinski definition) is 2. The van der Waals surface area contributed by atoms with Crippen molar-refractivity contribution in [1.82, 2.24) is 5.32 Å². The van der Waals surface area contributed by atoms with Gasteiger partial charge in [0.2, 0.25) is 0 Å². The number of rotatable bonds is 6. The van der Waals surface area contributed by atoms with Gasteiger partial charge in [0.05, 0.1) is 11.5 Å². The van der Waals surface area contributed by atoms with Crippen LogP contribution in [-0.2, 0) is 11.0 Å². The standard InChI is InChI=1S/C25H27F6NO2/c1-14(2)10-20(23(33)34)17-11-16(15-6-8-19(9-7-15)24(26,27)28)12-18(13-17)21-4-3-5-22(32-21)25(29,30)31/h6-9,11-14,20-22,32H,3-5,10H2,1-2H3,(H,33,34)/t20-,21?,22?/m1/s1. The molecule has 0 bridgehead atoms. The highest BCUT2D eigenvalue weighted by Crippen LogP contribution is 2.38. The number of benzene rings is 2. The molecule has 0 spiro atoms. The van der Waals surface area contributed by atoms with E-state index in [-0.39, 0.29) is 12.3 Å². The molecule has 1 aliphatic heterocycles. The molecule has 2 aromatic rings. The Bertz CT molecular complexity index is 998. The third kappa shape index (κ3) is 6.31. The number of carboxylic acid groups (broad SMARTS) is 1. The highest BCUT2D eigenvalue weighted by Gasteiger charge is 2.42. The predicted molar refractivity (Wildman–Crippen MR) is 116 cm³/mol. The number of piperidine rings is 1. The lowest BCUT2D eigenvalue weighted by Gasteiger charge is -2.33. The number of carbonyl (C=O) groups is 1. The molecule has 0 aliphatic carbocycles. The Balaban J connectivity index is 2.07. The molecule has 1 fully saturated rings. The maximum absolute atomic E-state index is 13.3. The summed E-state index contributed by atoms with van der Waals surface area (Å²) in [5.41, 5.74) is 0.985. The first-order chi connectivity index (χ1) is 15.8. The zero-order valence-corrected chi connectivity index (χ0v) is 18.8. The summed E-state index contributed by atoms with van der Waals surface area (Å²) in [5.74, 6) is -1.91. The predicted octanol–water partition coefficient (Wildman–Crippen LogP) is 7.33. The summed E-state index contributed by atoms with van der Waals surface area (Å²) in [6.45, 7) is 3.74. The third-order valence-electron chi connectivity index (χ3n) is 6.12. The minimum Gasteiger partial charge on any atom is -0.481 e. The van der Waals surface area contributed by atoms with Gasteiger partial charge in [-0.15, -0.1) is 0 Å². The van der Waals surface area contributed by atoms with Crippen LogP contribution in [0.1, 0.15) is 68.2 Å². The minimum absolute atomic E-state index is 0.0432. The van der Waals surface area contributed by atoms with Crippen LogP contribution in [0.4, 0.5) is 26.3 Å². The van der Waals surface area contributed by atoms with Crippen LogP contribution in [0.25, 0.3) is 11.1 Å². The van der Waals surface area contributed by atoms with Crippen LogP contribution < -0.4 is 5.32 Å². The molecule has 9 heteroatoms. The van der Waals surface area contributed by atoms with Crippen molar-refractivity contribution in [1.29, 1.82) is 0 Å². The molecule has 2 N–H and O–H groups in total. The Kier molecular flexibility index (Phi) is 7.65. The van der Waals surface area contributed by atoms with Crippen molar-refractivity contribution < 1.29 is 36.2 Å². The first kappa shape index (κ1) is 26.1. The Morgan fingerprint density at radius 1 is 1.00 bits per heavy atom. The van der Waals surface area contributed by atoms with Crippen molar-refractivity contribution in [2.45, 2.75) is 69.9 Å². The Hall–Kier alpha value is -2.55. The normalized spacial score (nSPS) is 20.4. The number of carboxylic acids is 1. The average Bonchev–Trinajstić information content (AvgIpc) is 2.76. The topological polar surface area (TPSA) is 49.3 Å². The molecule has 2 unspecified atom stereocenters. The van der Waals surface area contributed by atoms with E-state index in [1.807, 2.05) is 13.8 Å². The molecule has 3 rings (SSSR count). The average molecular weight is 487 g/mol. The van der Waals surface area contributed by atoms with Gasteiger partial charge in [-0.3, -0.25) is 10.1 Å². The summed E-state index contributed by atoms with van der Waals surface area (Å²) >= 11 is 0. The van der Waals surface area contributed by atoms with E-state index in [2.05, 4.69) is 5.32 Å². The first-order valence-electron chi connectivity index (χ1n) is 11.1. The lowest BCUT2D eigenvalue weighted by atomic mass is 9.84. The molecular formula is C25H27F6NO2. The molecular weight excluding hydrogens is 460 g/mol. The summed E-state index contributed by atoms with van der Waals surface area (Å²) in [6, 6.07) is 6.98. The van der Waals surface area contributed by atoms with Crippen LogP contribution in [0.2, 0.25) is 0 Å². The van der Waals surface area contributed by atoms with Crippen molar-refractivity contribution in [2.24, 2.45) is 5.92 Å². The van der Waals surface area contributed by atoms with Crippen LogP contribution in [0, 0.1) is 5.92 Å². The second kappa shape index (κ2) is 9.98. The van der Waals surface area contributed by atoms with Crippen LogP contribution in [-0.4, -0.2) is 23.3 Å². The fraction of sp³-hybridized carbons (Fsp3) is 0.480. The van der Waals surface area contributed by atoms with Gasteiger partial charge in [0.15, 0.2) is 0 Å². The van der Waals surface area contributed by atoms with Crippen molar-refractivity contribution in [3.63, 3.8) is 0 Å². The Labute approximate surface area is 194 Å². The summed E-state index contributed by atoms with van der Waals surface area (Å²) < 4.78 is 78.9. The van der Waals surface area contributed by atoms with Crippen LogP contribution >= 0.6 is 0 Å². The SMILES string of the molecule is CC(C)C[C@@H](C(=O)O)c1cc(-c2ccc(C(F)(F)F)cc2)cc(C2CCCC(C(F)(F)F)N2)c1. The molecule has 0 aromatic heterocycles. The van der Waals surface area contributed by atoms with Crippen molar-refractivity contribution >= 4 is 5.97 Å². The quantitative estimate of drug-likeness (QED) is 0.420. The number of hydrogen-bond donors (Lipinski definition) is 2. The smallest absolute Gasteiger partial charge is 0.416 e. The van der Waals surface area contributed by atoms with Gasteiger partial charge in [-0.1, -0.05) is 38.1 Å². The maximum Gasteiger partial charge on any atom is 0.416 e. The summed E-state index contributed by atoms with van der Waals surface area (Å²) in [5, 5.41) is 12.5. The molecule has 186 valence electrons. The van der Waals surface area contributed by atoms with E-state index in [1.54, 1.807) is 18.2 Å². The second-order valence-electron chi connectivity index (χ2n) is 9.23. The zero-order valence-electron chi connectivity index (χ0n) is 18.8. The summed E-state index contributed by atoms with van der Waals surface area (Å²) in [7, 11) is 0. The van der Waals surface area contributed by atoms with Crippen molar-refractivity contribution in [2.75, 3.05) is 0 Å². The first-order valence-corrected chi connectivity index (χ1v) is 11.1. The Morgan fingerprint density at radius 3 is 2.18 bits per heavy atom. The molecule has 3 atom stereocenters. The van der Waals surface area contributed by atoms with E-state index in [0.717, 1.165) is 12.1 Å². The van der Waals surface area contributed by atoms with Crippen LogP contribution in [0.15, 0.2) is 42.5 Å². The van der Waals surface area contributed by atoms with E-state index in [4.69, 9.17) is 0 Å².